The van der Waals surface area contributed by atoms with Gasteiger partial charge in [-0.05, 0) is 25.8 Å². The Hall–Kier alpha value is -2.83. The summed E-state index contributed by atoms with van der Waals surface area (Å²) in [6, 6.07) is 6.95. The number of carbonyl (C=O) groups excluding carboxylic acids is 2. The largest absolute Gasteiger partial charge is 0.467 e. The quantitative estimate of drug-likeness (QED) is 0.623. The van der Waals surface area contributed by atoms with Crippen LogP contribution in [0.25, 0.3) is 11.3 Å². The predicted molar refractivity (Wildman–Crippen MR) is 103 cm³/mol. The molecule has 7 heteroatoms. The molecule has 1 aliphatic carbocycles. The number of amides is 1. The second-order valence-corrected chi connectivity index (χ2v) is 6.95. The number of aromatic nitrogens is 2. The smallest absolute Gasteiger partial charge is 0.328 e. The number of para-hydroxylation sites is 1. The third kappa shape index (κ3) is 3.97. The number of nitrogens with two attached hydrogens (primary N) is 1. The van der Waals surface area contributed by atoms with Gasteiger partial charge in [-0.25, -0.2) is 4.79 Å². The fourth-order valence-corrected chi connectivity index (χ4v) is 3.62. The Morgan fingerprint density at radius 2 is 1.96 bits per heavy atom. The lowest BCUT2D eigenvalue weighted by Gasteiger charge is -2.24. The van der Waals surface area contributed by atoms with Crippen LogP contribution in [0.2, 0.25) is 0 Å². The van der Waals surface area contributed by atoms with Crippen LogP contribution >= 0.6 is 0 Å². The van der Waals surface area contributed by atoms with E-state index in [0.717, 1.165) is 31.2 Å². The molecule has 27 heavy (non-hydrogen) atoms. The molecule has 1 aromatic heterocycles. The summed E-state index contributed by atoms with van der Waals surface area (Å²) in [7, 11) is 1.29. The third-order valence-electron chi connectivity index (χ3n) is 5.08. The van der Waals surface area contributed by atoms with Gasteiger partial charge in [0.25, 0.3) is 5.91 Å². The summed E-state index contributed by atoms with van der Waals surface area (Å²) < 4.78 is 6.62. The first-order chi connectivity index (χ1) is 13.0. The molecule has 2 aromatic rings. The fourth-order valence-electron chi connectivity index (χ4n) is 3.62. The minimum atomic E-state index is -0.749. The van der Waals surface area contributed by atoms with Crippen LogP contribution in [0.3, 0.4) is 0 Å². The summed E-state index contributed by atoms with van der Waals surface area (Å²) in [5, 5.41) is 7.22. The highest BCUT2D eigenvalue weighted by Gasteiger charge is 2.27. The van der Waals surface area contributed by atoms with E-state index in [2.05, 4.69) is 15.2 Å². The molecule has 1 heterocycles. The minimum absolute atomic E-state index is 0.243. The SMILES string of the molecule is COC(=O)[C@H](C)NC(=O)c1cnn(C2CCCCC2)c1-c1ccccc1N. The lowest BCUT2D eigenvalue weighted by Crippen LogP contribution is -2.39. The first-order valence-electron chi connectivity index (χ1n) is 9.34. The zero-order valence-electron chi connectivity index (χ0n) is 15.8. The molecule has 1 aromatic carbocycles. The lowest BCUT2D eigenvalue weighted by molar-refractivity contribution is -0.142. The van der Waals surface area contributed by atoms with Gasteiger partial charge in [-0.1, -0.05) is 37.5 Å². The number of anilines is 1. The van der Waals surface area contributed by atoms with Gasteiger partial charge in [0.05, 0.1) is 30.6 Å². The van der Waals surface area contributed by atoms with Crippen molar-refractivity contribution < 1.29 is 14.3 Å². The van der Waals surface area contributed by atoms with Gasteiger partial charge in [-0.3, -0.25) is 9.48 Å². The summed E-state index contributed by atoms with van der Waals surface area (Å²) >= 11 is 0. The standard InChI is InChI=1S/C20H26N4O3/c1-13(20(26)27-2)23-19(25)16-12-22-24(14-8-4-3-5-9-14)18(16)15-10-6-7-11-17(15)21/h6-7,10-14H,3-5,8-9,21H2,1-2H3,(H,23,25)/t13-/m0/s1. The van der Waals surface area contributed by atoms with Gasteiger partial charge in [0.2, 0.25) is 0 Å². The number of nitrogens with zero attached hydrogens (tertiary/aromatic N) is 2. The number of nitrogen functional groups attached to an aromatic ring is 1. The van der Waals surface area contributed by atoms with E-state index in [-0.39, 0.29) is 11.9 Å². The van der Waals surface area contributed by atoms with Crippen LogP contribution < -0.4 is 11.1 Å². The van der Waals surface area contributed by atoms with Crippen molar-refractivity contribution in [2.75, 3.05) is 12.8 Å². The van der Waals surface area contributed by atoms with Crippen molar-refractivity contribution in [2.24, 2.45) is 0 Å². The molecule has 3 rings (SSSR count). The number of benzene rings is 1. The normalized spacial score (nSPS) is 15.9. The maximum absolute atomic E-state index is 12.9. The molecule has 1 fully saturated rings. The molecular weight excluding hydrogens is 344 g/mol. The molecule has 1 amide bonds. The Morgan fingerprint density at radius 3 is 2.63 bits per heavy atom. The van der Waals surface area contributed by atoms with E-state index < -0.39 is 12.0 Å². The van der Waals surface area contributed by atoms with E-state index in [9.17, 15) is 9.59 Å². The fraction of sp³-hybridized carbons (Fsp3) is 0.450. The molecule has 0 aliphatic heterocycles. The second kappa shape index (κ2) is 8.24. The van der Waals surface area contributed by atoms with E-state index in [1.165, 1.54) is 13.5 Å². The lowest BCUT2D eigenvalue weighted by atomic mass is 9.94. The average molecular weight is 370 g/mol. The number of hydrogen-bond acceptors (Lipinski definition) is 5. The molecular formula is C20H26N4O3. The topological polar surface area (TPSA) is 99.2 Å². The molecule has 0 spiro atoms. The van der Waals surface area contributed by atoms with Crippen LogP contribution in [0.15, 0.2) is 30.5 Å². The zero-order valence-corrected chi connectivity index (χ0v) is 15.8. The first-order valence-corrected chi connectivity index (χ1v) is 9.34. The van der Waals surface area contributed by atoms with Gasteiger partial charge in [-0.15, -0.1) is 0 Å². The minimum Gasteiger partial charge on any atom is -0.467 e. The van der Waals surface area contributed by atoms with Crippen LogP contribution in [0, 0.1) is 0 Å². The maximum Gasteiger partial charge on any atom is 0.328 e. The second-order valence-electron chi connectivity index (χ2n) is 6.95. The molecule has 7 nitrogen and oxygen atoms in total. The summed E-state index contributed by atoms with van der Waals surface area (Å²) in [4.78, 5) is 24.5. The van der Waals surface area contributed by atoms with Crippen molar-refractivity contribution >= 4 is 17.6 Å². The molecule has 0 radical (unpaired) electrons. The number of hydrogen-bond donors (Lipinski definition) is 2. The third-order valence-corrected chi connectivity index (χ3v) is 5.08. The molecule has 144 valence electrons. The van der Waals surface area contributed by atoms with Crippen molar-refractivity contribution in [3.63, 3.8) is 0 Å². The Balaban J connectivity index is 2.01. The molecule has 1 saturated carbocycles. The Morgan fingerprint density at radius 1 is 1.26 bits per heavy atom. The number of carbonyl (C=O) groups is 2. The summed E-state index contributed by atoms with van der Waals surface area (Å²) in [5.74, 6) is -0.864. The Bertz CT molecular complexity index is 824. The highest BCUT2D eigenvalue weighted by atomic mass is 16.5. The first kappa shape index (κ1) is 18.9. The average Bonchev–Trinajstić information content (AvgIpc) is 3.13. The summed E-state index contributed by atoms with van der Waals surface area (Å²) in [6.45, 7) is 1.59. The van der Waals surface area contributed by atoms with Crippen LogP contribution in [0.5, 0.6) is 0 Å². The van der Waals surface area contributed by atoms with E-state index in [4.69, 9.17) is 5.73 Å². The van der Waals surface area contributed by atoms with E-state index in [1.807, 2.05) is 28.9 Å². The summed E-state index contributed by atoms with van der Waals surface area (Å²) in [5.41, 5.74) is 8.68. The molecule has 0 bridgehead atoms. The van der Waals surface area contributed by atoms with Crippen molar-refractivity contribution in [2.45, 2.75) is 51.1 Å². The van der Waals surface area contributed by atoms with Crippen molar-refractivity contribution in [1.82, 2.24) is 15.1 Å². The number of esters is 1. The van der Waals surface area contributed by atoms with Gasteiger partial charge in [-0.2, -0.15) is 5.10 Å². The highest BCUT2D eigenvalue weighted by molar-refractivity contribution is 6.02. The van der Waals surface area contributed by atoms with E-state index in [0.29, 0.717) is 16.9 Å². The van der Waals surface area contributed by atoms with E-state index in [1.54, 1.807) is 13.1 Å². The molecule has 0 unspecified atom stereocenters. The van der Waals surface area contributed by atoms with Gasteiger partial charge >= 0.3 is 5.97 Å². The van der Waals surface area contributed by atoms with Gasteiger partial charge in [0, 0.05) is 11.3 Å². The van der Waals surface area contributed by atoms with Gasteiger partial charge in [0.15, 0.2) is 0 Å². The molecule has 1 atom stereocenters. The number of ether oxygens (including phenoxy) is 1. The number of nitrogens with one attached hydrogen (secondary N) is 1. The Kier molecular flexibility index (Phi) is 5.78. The number of methoxy groups -OCH3 is 1. The maximum atomic E-state index is 12.9. The molecule has 1 aliphatic rings. The Labute approximate surface area is 158 Å². The zero-order chi connectivity index (χ0) is 19.4. The van der Waals surface area contributed by atoms with Crippen LogP contribution in [0.1, 0.15) is 55.4 Å². The van der Waals surface area contributed by atoms with Crippen LogP contribution in [-0.4, -0.2) is 34.8 Å². The molecule has 0 saturated heterocycles. The van der Waals surface area contributed by atoms with Crippen LogP contribution in [-0.2, 0) is 9.53 Å². The number of rotatable bonds is 5. The van der Waals surface area contributed by atoms with Crippen molar-refractivity contribution in [3.8, 4) is 11.3 Å². The van der Waals surface area contributed by atoms with Gasteiger partial charge < -0.3 is 15.8 Å². The monoisotopic (exact) mass is 370 g/mol. The predicted octanol–water partition coefficient (Wildman–Crippen LogP) is 2.93. The van der Waals surface area contributed by atoms with Crippen molar-refractivity contribution in [1.29, 1.82) is 0 Å². The highest BCUT2D eigenvalue weighted by Crippen LogP contribution is 2.35. The van der Waals surface area contributed by atoms with Crippen molar-refractivity contribution in [3.05, 3.63) is 36.0 Å². The summed E-state index contributed by atoms with van der Waals surface area (Å²) in [6.07, 6.45) is 7.15. The van der Waals surface area contributed by atoms with Gasteiger partial charge in [0.1, 0.15) is 6.04 Å². The molecule has 3 N–H and O–H groups in total. The van der Waals surface area contributed by atoms with E-state index >= 15 is 0 Å². The van der Waals surface area contributed by atoms with Crippen LogP contribution in [0.4, 0.5) is 5.69 Å².